The number of aliphatic hydroxyl groups excluding tert-OH is 2. The molecule has 0 bridgehead atoms. The molecule has 1 amide bonds. The Morgan fingerprint density at radius 2 is 2.16 bits per heavy atom. The van der Waals surface area contributed by atoms with E-state index in [2.05, 4.69) is 9.97 Å². The van der Waals surface area contributed by atoms with Crippen LogP contribution in [0.25, 0.3) is 0 Å². The maximum atomic E-state index is 11.9. The highest BCUT2D eigenvalue weighted by Gasteiger charge is 2.49. The van der Waals surface area contributed by atoms with Gasteiger partial charge in [0.05, 0.1) is 18.2 Å². The number of primary amides is 1. The molecular formula is C13H15N5O7. The normalized spacial score (nSPS) is 27.1. The van der Waals surface area contributed by atoms with Crippen LogP contribution in [0.15, 0.2) is 34.4 Å². The van der Waals surface area contributed by atoms with Crippen LogP contribution >= 0.6 is 0 Å². The third kappa shape index (κ3) is 3.17. The van der Waals surface area contributed by atoms with Crippen LogP contribution in [0.2, 0.25) is 0 Å². The maximum absolute atomic E-state index is 11.9. The molecule has 1 fully saturated rings. The van der Waals surface area contributed by atoms with Crippen LogP contribution in [-0.4, -0.2) is 54.1 Å². The number of hydrogen-bond donors (Lipinski definition) is 5. The molecule has 1 aliphatic heterocycles. The van der Waals surface area contributed by atoms with Crippen molar-refractivity contribution < 1.29 is 24.5 Å². The predicted octanol–water partition coefficient (Wildman–Crippen LogP) is -2.28. The highest BCUT2D eigenvalue weighted by molar-refractivity contribution is 5.65. The number of aromatic amines is 2. The number of carbonyl (C=O) groups is 1. The Bertz CT molecular complexity index is 860. The van der Waals surface area contributed by atoms with Gasteiger partial charge in [0, 0.05) is 12.3 Å². The lowest BCUT2D eigenvalue weighted by Gasteiger charge is -2.23. The van der Waals surface area contributed by atoms with E-state index in [4.69, 9.17) is 15.2 Å². The van der Waals surface area contributed by atoms with Crippen molar-refractivity contribution in [2.24, 2.45) is 5.73 Å². The van der Waals surface area contributed by atoms with Crippen molar-refractivity contribution in [2.45, 2.75) is 30.6 Å². The van der Waals surface area contributed by atoms with Gasteiger partial charge in [-0.05, 0) is 0 Å². The van der Waals surface area contributed by atoms with Crippen LogP contribution in [0.3, 0.4) is 0 Å². The van der Waals surface area contributed by atoms with Crippen molar-refractivity contribution in [1.29, 1.82) is 0 Å². The number of H-pyrrole nitrogens is 2. The minimum Gasteiger partial charge on any atom is -0.437 e. The number of ether oxygens (including phenoxy) is 2. The summed E-state index contributed by atoms with van der Waals surface area (Å²) in [7, 11) is 0. The molecule has 6 N–H and O–H groups in total. The molecule has 5 atom stereocenters. The van der Waals surface area contributed by atoms with E-state index >= 15 is 0 Å². The molecule has 0 saturated carbocycles. The molecular weight excluding hydrogens is 338 g/mol. The average Bonchev–Trinajstić information content (AvgIpc) is 3.16. The molecule has 0 radical (unpaired) electrons. The van der Waals surface area contributed by atoms with Gasteiger partial charge in [0.1, 0.15) is 18.3 Å². The number of carbonyl (C=O) groups excluding carboxylic acids is 1. The van der Waals surface area contributed by atoms with E-state index in [1.165, 1.54) is 12.5 Å². The monoisotopic (exact) mass is 353 g/mol. The number of nitrogens with one attached hydrogen (secondary N) is 2. The van der Waals surface area contributed by atoms with Gasteiger partial charge in [-0.25, -0.2) is 14.6 Å². The summed E-state index contributed by atoms with van der Waals surface area (Å²) in [4.78, 5) is 42.7. The number of nitrogens with two attached hydrogens (primary N) is 1. The smallest absolute Gasteiger partial charge is 0.405 e. The Labute approximate surface area is 138 Å². The van der Waals surface area contributed by atoms with Crippen molar-refractivity contribution in [3.05, 3.63) is 51.3 Å². The van der Waals surface area contributed by atoms with E-state index in [9.17, 15) is 24.6 Å². The van der Waals surface area contributed by atoms with Gasteiger partial charge < -0.3 is 30.4 Å². The van der Waals surface area contributed by atoms with Crippen molar-refractivity contribution in [1.82, 2.24) is 19.5 Å². The molecule has 1 aliphatic rings. The van der Waals surface area contributed by atoms with Gasteiger partial charge in [-0.15, -0.1) is 0 Å². The van der Waals surface area contributed by atoms with Crippen molar-refractivity contribution in [3.8, 4) is 0 Å². The molecule has 1 saturated heterocycles. The predicted molar refractivity (Wildman–Crippen MR) is 79.2 cm³/mol. The third-order valence-corrected chi connectivity index (χ3v) is 3.77. The molecule has 0 aromatic carbocycles. The Balaban J connectivity index is 1.93. The number of aromatic nitrogens is 4. The molecule has 2 aromatic rings. The lowest BCUT2D eigenvalue weighted by atomic mass is 10.0. The third-order valence-electron chi connectivity index (χ3n) is 3.77. The zero-order valence-corrected chi connectivity index (χ0v) is 12.6. The second-order valence-electron chi connectivity index (χ2n) is 5.35. The second-order valence-corrected chi connectivity index (χ2v) is 5.35. The first-order chi connectivity index (χ1) is 11.9. The van der Waals surface area contributed by atoms with Gasteiger partial charge in [-0.1, -0.05) is 0 Å². The van der Waals surface area contributed by atoms with Crippen molar-refractivity contribution in [3.63, 3.8) is 0 Å². The van der Waals surface area contributed by atoms with Crippen LogP contribution in [0.4, 0.5) is 4.79 Å². The maximum Gasteiger partial charge on any atom is 0.405 e. The molecule has 134 valence electrons. The minimum absolute atomic E-state index is 0.268. The molecule has 2 aromatic heterocycles. The summed E-state index contributed by atoms with van der Waals surface area (Å²) >= 11 is 0. The first kappa shape index (κ1) is 16.9. The quantitative estimate of drug-likeness (QED) is 0.406. The van der Waals surface area contributed by atoms with Crippen LogP contribution in [-0.2, 0) is 9.47 Å². The fraction of sp³-hybridized carbons (Fsp3) is 0.385. The zero-order valence-electron chi connectivity index (χ0n) is 12.6. The zero-order chi connectivity index (χ0) is 18.1. The molecule has 1 unspecified atom stereocenters. The van der Waals surface area contributed by atoms with Crippen LogP contribution < -0.4 is 17.0 Å². The van der Waals surface area contributed by atoms with E-state index in [1.807, 2.05) is 4.98 Å². The summed E-state index contributed by atoms with van der Waals surface area (Å²) in [6, 6.07) is 1.06. The lowest BCUT2D eigenvalue weighted by molar-refractivity contribution is -0.0900. The van der Waals surface area contributed by atoms with Crippen molar-refractivity contribution in [2.75, 3.05) is 0 Å². The summed E-state index contributed by atoms with van der Waals surface area (Å²) in [6.45, 7) is 0. The van der Waals surface area contributed by atoms with Gasteiger partial charge >= 0.3 is 11.8 Å². The standard InChI is InChI=1S/C13H15N5O7/c14-12(22)25-9(5-3-15-4-16-5)10-7(20)8(21)11(24-10)18-2-1-6(19)17-13(18)23/h1-4,7-11,20-21H,(H2,14,22)(H,15,16)(H,17,19,23)/t7-,8+,9?,10-,11+/m0/s1. The minimum atomic E-state index is -1.53. The van der Waals surface area contributed by atoms with Gasteiger partial charge in [0.25, 0.3) is 5.56 Å². The number of hydrogen-bond acceptors (Lipinski definition) is 8. The Morgan fingerprint density at radius 3 is 2.76 bits per heavy atom. The number of aliphatic hydroxyl groups is 2. The largest absolute Gasteiger partial charge is 0.437 e. The molecule has 12 heteroatoms. The molecule has 3 rings (SSSR count). The first-order valence-electron chi connectivity index (χ1n) is 7.16. The highest BCUT2D eigenvalue weighted by Crippen LogP contribution is 2.36. The van der Waals surface area contributed by atoms with E-state index in [0.29, 0.717) is 0 Å². The highest BCUT2D eigenvalue weighted by atomic mass is 16.6. The summed E-state index contributed by atoms with van der Waals surface area (Å²) in [5, 5.41) is 20.5. The fourth-order valence-corrected chi connectivity index (χ4v) is 2.65. The number of imidazole rings is 1. The fourth-order valence-electron chi connectivity index (χ4n) is 2.65. The Kier molecular flexibility index (Phi) is 4.39. The summed E-state index contributed by atoms with van der Waals surface area (Å²) in [6.07, 6.45) is -4.18. The van der Waals surface area contributed by atoms with E-state index in [0.717, 1.165) is 16.8 Å². The van der Waals surface area contributed by atoms with Gasteiger partial charge in [-0.2, -0.15) is 0 Å². The summed E-state index contributed by atoms with van der Waals surface area (Å²) in [5.41, 5.74) is 3.85. The Hall–Kier alpha value is -2.96. The Morgan fingerprint density at radius 1 is 1.40 bits per heavy atom. The molecule has 0 spiro atoms. The van der Waals surface area contributed by atoms with Crippen LogP contribution in [0.1, 0.15) is 18.0 Å². The van der Waals surface area contributed by atoms with E-state index in [-0.39, 0.29) is 5.69 Å². The topological polar surface area (TPSA) is 186 Å². The van der Waals surface area contributed by atoms with Crippen LogP contribution in [0.5, 0.6) is 0 Å². The summed E-state index contributed by atoms with van der Waals surface area (Å²) in [5.74, 6) is 0. The number of nitrogens with zero attached hydrogens (tertiary/aromatic N) is 2. The molecule has 12 nitrogen and oxygen atoms in total. The van der Waals surface area contributed by atoms with E-state index < -0.39 is 48.0 Å². The first-order valence-corrected chi connectivity index (χ1v) is 7.16. The molecule has 0 aliphatic carbocycles. The average molecular weight is 353 g/mol. The number of amides is 1. The molecule has 3 heterocycles. The van der Waals surface area contributed by atoms with Crippen molar-refractivity contribution >= 4 is 6.09 Å². The van der Waals surface area contributed by atoms with E-state index in [1.54, 1.807) is 0 Å². The van der Waals surface area contributed by atoms with Gasteiger partial charge in [0.2, 0.25) is 0 Å². The van der Waals surface area contributed by atoms with Crippen LogP contribution in [0, 0.1) is 0 Å². The molecule has 25 heavy (non-hydrogen) atoms. The number of rotatable bonds is 4. The summed E-state index contributed by atoms with van der Waals surface area (Å²) < 4.78 is 11.4. The van der Waals surface area contributed by atoms with Gasteiger partial charge in [-0.3, -0.25) is 14.3 Å². The second kappa shape index (κ2) is 6.51. The van der Waals surface area contributed by atoms with Gasteiger partial charge in [0.15, 0.2) is 12.3 Å². The lowest BCUT2D eigenvalue weighted by Crippen LogP contribution is -2.38. The SMILES string of the molecule is NC(=O)OC(c1cnc[nH]1)[C@H]1O[C@@H](n2ccc(=O)[nH]c2=O)[C@H](O)[C@@H]1O.